The van der Waals surface area contributed by atoms with Crippen LogP contribution < -0.4 is 5.32 Å². The topological polar surface area (TPSA) is 129 Å². The molecule has 2 N–H and O–H groups in total. The number of hydrogen-bond acceptors (Lipinski definition) is 5. The summed E-state index contributed by atoms with van der Waals surface area (Å²) in [6.45, 7) is 0. The smallest absolute Gasteiger partial charge is 0.326 e. The van der Waals surface area contributed by atoms with Gasteiger partial charge < -0.3 is 10.4 Å². The van der Waals surface area contributed by atoms with E-state index >= 15 is 0 Å². The van der Waals surface area contributed by atoms with Crippen LogP contribution >= 0.6 is 23.2 Å². The molecule has 0 aliphatic carbocycles. The third kappa shape index (κ3) is 5.73. The molecule has 1 unspecified atom stereocenters. The summed E-state index contributed by atoms with van der Waals surface area (Å²) in [6, 6.07) is 21.2. The molecule has 0 aliphatic heterocycles. The third-order valence-electron chi connectivity index (χ3n) is 5.69. The summed E-state index contributed by atoms with van der Waals surface area (Å²) in [6.07, 6.45) is 1.12. The number of amides is 1. The lowest BCUT2D eigenvalue weighted by atomic mass is 9.97. The van der Waals surface area contributed by atoms with Gasteiger partial charge in [-0.3, -0.25) is 4.79 Å². The van der Waals surface area contributed by atoms with E-state index < -0.39 is 27.9 Å². The van der Waals surface area contributed by atoms with Crippen LogP contribution in [0.3, 0.4) is 0 Å². The molecule has 8 nitrogen and oxygen atoms in total. The van der Waals surface area contributed by atoms with Gasteiger partial charge in [-0.15, -0.1) is 0 Å². The molecular weight excluding hydrogens is 549 g/mol. The minimum absolute atomic E-state index is 0.0569. The fourth-order valence-corrected chi connectivity index (χ4v) is 5.93. The maximum atomic E-state index is 13.2. The Balaban J connectivity index is 1.55. The first-order valence-corrected chi connectivity index (χ1v) is 13.3. The third-order valence-corrected chi connectivity index (χ3v) is 7.80. The van der Waals surface area contributed by atoms with Crippen LogP contribution in [-0.2, 0) is 21.2 Å². The molecule has 0 radical (unpaired) electrons. The molecule has 1 heterocycles. The number of rotatable bonds is 8. The summed E-state index contributed by atoms with van der Waals surface area (Å²) in [5.74, 6) is -2.18. The molecule has 38 heavy (non-hydrogen) atoms. The van der Waals surface area contributed by atoms with E-state index in [1.165, 1.54) is 36.5 Å². The van der Waals surface area contributed by atoms with Crippen molar-refractivity contribution in [2.75, 3.05) is 0 Å². The lowest BCUT2D eigenvalue weighted by Crippen LogP contribution is -2.43. The van der Waals surface area contributed by atoms with E-state index in [0.29, 0.717) is 11.1 Å². The molecule has 0 bridgehead atoms. The first-order chi connectivity index (χ1) is 18.1. The van der Waals surface area contributed by atoms with Gasteiger partial charge in [0.25, 0.3) is 15.9 Å². The average Bonchev–Trinajstić information content (AvgIpc) is 3.39. The van der Waals surface area contributed by atoms with E-state index in [2.05, 4.69) is 11.4 Å². The lowest BCUT2D eigenvalue weighted by Gasteiger charge is -2.16. The van der Waals surface area contributed by atoms with Gasteiger partial charge in [-0.1, -0.05) is 65.7 Å². The zero-order chi connectivity index (χ0) is 27.4. The van der Waals surface area contributed by atoms with E-state index in [0.717, 1.165) is 15.1 Å². The second-order valence-electron chi connectivity index (χ2n) is 8.22. The number of nitrogens with zero attached hydrogens (tertiary/aromatic N) is 2. The number of aromatic nitrogens is 1. The number of halogens is 2. The average molecular weight is 568 g/mol. The van der Waals surface area contributed by atoms with Crippen molar-refractivity contribution in [2.45, 2.75) is 17.4 Å². The van der Waals surface area contributed by atoms with Gasteiger partial charge >= 0.3 is 5.97 Å². The van der Waals surface area contributed by atoms with Crippen molar-refractivity contribution in [1.29, 1.82) is 5.26 Å². The van der Waals surface area contributed by atoms with Crippen LogP contribution in [0, 0.1) is 11.3 Å². The van der Waals surface area contributed by atoms with E-state index in [1.54, 1.807) is 36.4 Å². The second-order valence-corrected chi connectivity index (χ2v) is 10.9. The first-order valence-electron chi connectivity index (χ1n) is 11.1. The number of hydrogen-bond donors (Lipinski definition) is 2. The van der Waals surface area contributed by atoms with Crippen molar-refractivity contribution < 1.29 is 23.1 Å². The van der Waals surface area contributed by atoms with Gasteiger partial charge in [-0.05, 0) is 53.1 Å². The van der Waals surface area contributed by atoms with Gasteiger partial charge in [0.15, 0.2) is 0 Å². The highest BCUT2D eigenvalue weighted by Crippen LogP contribution is 2.26. The van der Waals surface area contributed by atoms with Crippen molar-refractivity contribution in [2.24, 2.45) is 0 Å². The van der Waals surface area contributed by atoms with E-state index in [1.807, 2.05) is 12.1 Å². The highest BCUT2D eigenvalue weighted by Gasteiger charge is 2.27. The van der Waals surface area contributed by atoms with Gasteiger partial charge in [0.2, 0.25) is 0 Å². The number of benzene rings is 3. The highest BCUT2D eigenvalue weighted by atomic mass is 35.5. The SMILES string of the molecule is N#Cc1ccccc1-c1ccc(CC(NC(=O)c2cccn2S(=O)(=O)c2cc(Cl)cc(Cl)c2)C(=O)O)cc1. The Hall–Kier alpha value is -4.10. The zero-order valence-corrected chi connectivity index (χ0v) is 21.8. The zero-order valence-electron chi connectivity index (χ0n) is 19.5. The molecule has 1 aromatic heterocycles. The largest absolute Gasteiger partial charge is 0.480 e. The summed E-state index contributed by atoms with van der Waals surface area (Å²) in [5, 5.41) is 21.7. The molecule has 0 aliphatic rings. The summed E-state index contributed by atoms with van der Waals surface area (Å²) in [4.78, 5) is 24.7. The second kappa shape index (κ2) is 11.1. The predicted octanol–water partition coefficient (Wildman–Crippen LogP) is 5.00. The quantitative estimate of drug-likeness (QED) is 0.308. The number of aliphatic carboxylic acids is 1. The highest BCUT2D eigenvalue weighted by molar-refractivity contribution is 7.90. The Morgan fingerprint density at radius 3 is 2.26 bits per heavy atom. The van der Waals surface area contributed by atoms with Crippen LogP contribution in [0.2, 0.25) is 10.0 Å². The summed E-state index contributed by atoms with van der Waals surface area (Å²) < 4.78 is 27.1. The Morgan fingerprint density at radius 1 is 0.974 bits per heavy atom. The maximum Gasteiger partial charge on any atom is 0.326 e. The molecule has 11 heteroatoms. The van der Waals surface area contributed by atoms with Crippen LogP contribution in [-0.4, -0.2) is 35.4 Å². The molecular formula is C27H19Cl2N3O5S. The molecule has 3 aromatic carbocycles. The summed E-state index contributed by atoms with van der Waals surface area (Å²) >= 11 is 11.9. The summed E-state index contributed by atoms with van der Waals surface area (Å²) in [5.41, 5.74) is 2.37. The minimum Gasteiger partial charge on any atom is -0.480 e. The molecule has 4 rings (SSSR count). The number of carboxylic acid groups (broad SMARTS) is 1. The minimum atomic E-state index is -4.25. The van der Waals surface area contributed by atoms with Gasteiger partial charge in [0.05, 0.1) is 16.5 Å². The molecule has 0 saturated carbocycles. The molecule has 192 valence electrons. The van der Waals surface area contributed by atoms with Gasteiger partial charge in [-0.25, -0.2) is 17.2 Å². The molecule has 0 saturated heterocycles. The molecule has 1 atom stereocenters. The molecule has 0 fully saturated rings. The monoisotopic (exact) mass is 567 g/mol. The van der Waals surface area contributed by atoms with Gasteiger partial charge in [0, 0.05) is 22.7 Å². The van der Waals surface area contributed by atoms with Crippen LogP contribution in [0.25, 0.3) is 11.1 Å². The Morgan fingerprint density at radius 2 is 1.63 bits per heavy atom. The van der Waals surface area contributed by atoms with Crippen molar-refractivity contribution in [3.8, 4) is 17.2 Å². The van der Waals surface area contributed by atoms with E-state index in [-0.39, 0.29) is 27.1 Å². The van der Waals surface area contributed by atoms with Crippen molar-refractivity contribution in [3.63, 3.8) is 0 Å². The fraction of sp³-hybridized carbons (Fsp3) is 0.0741. The Kier molecular flexibility index (Phi) is 7.88. The van der Waals surface area contributed by atoms with E-state index in [9.17, 15) is 28.4 Å². The normalized spacial score (nSPS) is 11.9. The van der Waals surface area contributed by atoms with Crippen LogP contribution in [0.4, 0.5) is 0 Å². The molecule has 0 spiro atoms. The van der Waals surface area contributed by atoms with Crippen molar-refractivity contribution >= 4 is 45.1 Å². The number of carbonyl (C=O) groups excluding carboxylic acids is 1. The number of nitriles is 1. The van der Waals surface area contributed by atoms with Crippen molar-refractivity contribution in [3.05, 3.63) is 112 Å². The number of carbonyl (C=O) groups is 2. The van der Waals surface area contributed by atoms with Crippen LogP contribution in [0.5, 0.6) is 0 Å². The predicted molar refractivity (Wildman–Crippen MR) is 143 cm³/mol. The number of carboxylic acids is 1. The molecule has 1 amide bonds. The fourth-order valence-electron chi connectivity index (χ4n) is 3.86. The summed E-state index contributed by atoms with van der Waals surface area (Å²) in [7, 11) is -4.25. The van der Waals surface area contributed by atoms with E-state index in [4.69, 9.17) is 23.2 Å². The maximum absolute atomic E-state index is 13.2. The number of nitrogens with one attached hydrogen (secondary N) is 1. The standard InChI is InChI=1S/C27H19Cl2N3O5S/c28-20-13-21(29)15-22(14-20)38(36,37)32-11-3-6-25(32)26(33)31-24(27(34)35)12-17-7-9-18(10-8-17)23-5-2-1-4-19(23)16-30/h1-11,13-15,24H,12H2,(H,31,33)(H,34,35). The van der Waals surface area contributed by atoms with Crippen molar-refractivity contribution in [1.82, 2.24) is 9.29 Å². The van der Waals surface area contributed by atoms with Crippen LogP contribution in [0.15, 0.2) is 90.0 Å². The van der Waals surface area contributed by atoms with Gasteiger partial charge in [0.1, 0.15) is 11.7 Å². The Bertz CT molecular complexity index is 1660. The lowest BCUT2D eigenvalue weighted by molar-refractivity contribution is -0.139. The first kappa shape index (κ1) is 26.9. The van der Waals surface area contributed by atoms with Crippen LogP contribution in [0.1, 0.15) is 21.6 Å². The molecule has 4 aromatic rings. The van der Waals surface area contributed by atoms with Gasteiger partial charge in [-0.2, -0.15) is 5.26 Å². The Labute approximate surface area is 228 Å².